The Morgan fingerprint density at radius 3 is 2.73 bits per heavy atom. The molecule has 2 aromatic rings. The average molecular weight is 301 g/mol. The quantitative estimate of drug-likeness (QED) is 0.876. The molecular weight excluding hydrogens is 282 g/mol. The number of carbonyl (C=O) groups excluding carboxylic acids is 2. The highest BCUT2D eigenvalue weighted by atomic mass is 16.2. The van der Waals surface area contributed by atoms with E-state index in [2.05, 4.69) is 20.8 Å². The molecule has 7 nitrogen and oxygen atoms in total. The van der Waals surface area contributed by atoms with Gasteiger partial charge >= 0.3 is 0 Å². The average Bonchev–Trinajstić information content (AvgIpc) is 3.16. The molecule has 22 heavy (non-hydrogen) atoms. The van der Waals surface area contributed by atoms with Crippen LogP contribution in [-0.2, 0) is 9.59 Å². The summed E-state index contributed by atoms with van der Waals surface area (Å²) in [6, 6.07) is 5.78. The molecule has 1 saturated carbocycles. The molecule has 2 heterocycles. The second-order valence-electron chi connectivity index (χ2n) is 5.55. The number of fused-ring (bicyclic) bond motifs is 1. The van der Waals surface area contributed by atoms with Crippen LogP contribution < -0.4 is 10.6 Å². The Kier molecular flexibility index (Phi) is 4.32. The van der Waals surface area contributed by atoms with Gasteiger partial charge in [-0.1, -0.05) is 18.9 Å². The van der Waals surface area contributed by atoms with Gasteiger partial charge < -0.3 is 5.32 Å². The van der Waals surface area contributed by atoms with E-state index in [0.717, 1.165) is 12.8 Å². The number of aromatic nitrogens is 3. The van der Waals surface area contributed by atoms with Gasteiger partial charge in [0, 0.05) is 25.1 Å². The number of nitrogens with zero attached hydrogens (tertiary/aromatic N) is 3. The molecule has 0 aliphatic heterocycles. The number of pyridine rings is 1. The highest BCUT2D eigenvalue weighted by Crippen LogP contribution is 2.17. The van der Waals surface area contributed by atoms with Gasteiger partial charge in [-0.2, -0.15) is 0 Å². The van der Waals surface area contributed by atoms with Gasteiger partial charge in [-0.15, -0.1) is 10.2 Å². The monoisotopic (exact) mass is 301 g/mol. The molecule has 116 valence electrons. The van der Waals surface area contributed by atoms with Crippen LogP contribution in [-0.4, -0.2) is 32.5 Å². The summed E-state index contributed by atoms with van der Waals surface area (Å²) in [6.45, 7) is 0. The highest BCUT2D eigenvalue weighted by Gasteiger charge is 2.17. The molecule has 0 unspecified atom stereocenters. The van der Waals surface area contributed by atoms with Crippen LogP contribution in [0.3, 0.4) is 0 Å². The zero-order valence-corrected chi connectivity index (χ0v) is 12.3. The van der Waals surface area contributed by atoms with Crippen molar-refractivity contribution >= 4 is 23.4 Å². The molecule has 1 aliphatic rings. The van der Waals surface area contributed by atoms with Gasteiger partial charge in [0.25, 0.3) is 0 Å². The fraction of sp³-hybridized carbons (Fsp3) is 0.467. The van der Waals surface area contributed by atoms with Crippen LogP contribution in [0.1, 0.15) is 38.5 Å². The summed E-state index contributed by atoms with van der Waals surface area (Å²) < 4.78 is 1.69. The van der Waals surface area contributed by atoms with Crippen LogP contribution in [0.5, 0.6) is 0 Å². The first-order chi connectivity index (χ1) is 10.7. The first-order valence-electron chi connectivity index (χ1n) is 7.61. The van der Waals surface area contributed by atoms with E-state index < -0.39 is 0 Å². The van der Waals surface area contributed by atoms with Crippen molar-refractivity contribution in [2.45, 2.75) is 44.6 Å². The summed E-state index contributed by atoms with van der Waals surface area (Å²) in [5.41, 5.74) is 0.664. The number of amides is 2. The lowest BCUT2D eigenvalue weighted by molar-refractivity contribution is -0.124. The van der Waals surface area contributed by atoms with Crippen molar-refractivity contribution < 1.29 is 9.59 Å². The van der Waals surface area contributed by atoms with Gasteiger partial charge in [-0.3, -0.25) is 19.3 Å². The predicted octanol–water partition coefficient (Wildman–Crippen LogP) is 1.51. The number of hydrogen-bond donors (Lipinski definition) is 2. The number of hydrogen-bond acceptors (Lipinski definition) is 4. The lowest BCUT2D eigenvalue weighted by Crippen LogP contribution is -2.33. The summed E-state index contributed by atoms with van der Waals surface area (Å²) in [7, 11) is 0. The minimum atomic E-state index is -0.236. The molecule has 0 saturated heterocycles. The Bertz CT molecular complexity index is 675. The van der Waals surface area contributed by atoms with Crippen LogP contribution in [0.25, 0.3) is 5.65 Å². The zero-order valence-electron chi connectivity index (χ0n) is 12.3. The second kappa shape index (κ2) is 6.55. The minimum Gasteiger partial charge on any atom is -0.353 e. The molecule has 0 spiro atoms. The maximum atomic E-state index is 11.9. The van der Waals surface area contributed by atoms with Crippen molar-refractivity contribution in [1.29, 1.82) is 0 Å². The van der Waals surface area contributed by atoms with Gasteiger partial charge in [-0.25, -0.2) is 0 Å². The van der Waals surface area contributed by atoms with E-state index >= 15 is 0 Å². The summed E-state index contributed by atoms with van der Waals surface area (Å²) in [6.07, 6.45) is 6.54. The van der Waals surface area contributed by atoms with Gasteiger partial charge in [0.2, 0.25) is 17.8 Å². The molecule has 1 aliphatic carbocycles. The topological polar surface area (TPSA) is 88.4 Å². The Morgan fingerprint density at radius 1 is 1.14 bits per heavy atom. The van der Waals surface area contributed by atoms with E-state index in [9.17, 15) is 9.59 Å². The fourth-order valence-electron chi connectivity index (χ4n) is 2.71. The maximum Gasteiger partial charge on any atom is 0.235 e. The van der Waals surface area contributed by atoms with E-state index in [-0.39, 0.29) is 30.7 Å². The maximum absolute atomic E-state index is 11.9. The minimum absolute atomic E-state index is 0.0619. The predicted molar refractivity (Wildman–Crippen MR) is 81.2 cm³/mol. The van der Waals surface area contributed by atoms with Gasteiger partial charge in [0.05, 0.1) is 0 Å². The van der Waals surface area contributed by atoms with E-state index in [1.165, 1.54) is 12.8 Å². The van der Waals surface area contributed by atoms with E-state index in [4.69, 9.17) is 0 Å². The van der Waals surface area contributed by atoms with E-state index in [0.29, 0.717) is 11.6 Å². The molecule has 0 atom stereocenters. The summed E-state index contributed by atoms with van der Waals surface area (Å²) >= 11 is 0. The van der Waals surface area contributed by atoms with Crippen molar-refractivity contribution in [2.24, 2.45) is 0 Å². The van der Waals surface area contributed by atoms with Crippen molar-refractivity contribution in [3.05, 3.63) is 24.4 Å². The number of rotatable bonds is 5. The molecule has 0 aromatic carbocycles. The SMILES string of the molecule is O=C(CCC(=O)NC1CCCC1)Nc1nnc2ccccn12. The lowest BCUT2D eigenvalue weighted by Gasteiger charge is -2.11. The van der Waals surface area contributed by atoms with E-state index in [1.807, 2.05) is 12.1 Å². The Labute approximate surface area is 128 Å². The Morgan fingerprint density at radius 2 is 1.91 bits per heavy atom. The van der Waals surface area contributed by atoms with E-state index in [1.54, 1.807) is 16.7 Å². The third-order valence-electron chi connectivity index (χ3n) is 3.86. The molecule has 0 bridgehead atoms. The van der Waals surface area contributed by atoms with Crippen molar-refractivity contribution in [3.8, 4) is 0 Å². The smallest absolute Gasteiger partial charge is 0.235 e. The van der Waals surface area contributed by atoms with Crippen LogP contribution in [0, 0.1) is 0 Å². The first-order valence-corrected chi connectivity index (χ1v) is 7.61. The third-order valence-corrected chi connectivity index (χ3v) is 3.86. The normalized spacial score (nSPS) is 15.1. The molecule has 0 radical (unpaired) electrons. The second-order valence-corrected chi connectivity index (χ2v) is 5.55. The molecule has 2 aromatic heterocycles. The molecule has 2 amide bonds. The van der Waals surface area contributed by atoms with Gasteiger partial charge in [-0.05, 0) is 25.0 Å². The lowest BCUT2D eigenvalue weighted by atomic mass is 10.2. The summed E-state index contributed by atoms with van der Waals surface area (Å²) in [5, 5.41) is 13.5. The molecule has 3 rings (SSSR count). The van der Waals surface area contributed by atoms with Crippen molar-refractivity contribution in [3.63, 3.8) is 0 Å². The van der Waals surface area contributed by atoms with Crippen LogP contribution >= 0.6 is 0 Å². The number of nitrogens with one attached hydrogen (secondary N) is 2. The van der Waals surface area contributed by atoms with Crippen molar-refractivity contribution in [1.82, 2.24) is 19.9 Å². The summed E-state index contributed by atoms with van der Waals surface area (Å²) in [4.78, 5) is 23.7. The van der Waals surface area contributed by atoms with Crippen LogP contribution in [0.4, 0.5) is 5.95 Å². The highest BCUT2D eigenvalue weighted by molar-refractivity contribution is 5.92. The Balaban J connectivity index is 1.49. The fourth-order valence-corrected chi connectivity index (χ4v) is 2.71. The standard InChI is InChI=1S/C15H19N5O2/c21-13(16-11-5-1-2-6-11)8-9-14(22)17-15-19-18-12-7-3-4-10-20(12)15/h3-4,7,10-11H,1-2,5-6,8-9H2,(H,16,21)(H,17,19,22). The zero-order chi connectivity index (χ0) is 15.4. The van der Waals surface area contributed by atoms with Crippen molar-refractivity contribution in [2.75, 3.05) is 5.32 Å². The number of anilines is 1. The number of carbonyl (C=O) groups is 2. The molecular formula is C15H19N5O2. The van der Waals surface area contributed by atoms with Gasteiger partial charge in [0.15, 0.2) is 5.65 Å². The summed E-state index contributed by atoms with van der Waals surface area (Å²) in [5.74, 6) is 0.0738. The first kappa shape index (κ1) is 14.5. The van der Waals surface area contributed by atoms with Gasteiger partial charge in [0.1, 0.15) is 0 Å². The largest absolute Gasteiger partial charge is 0.353 e. The Hall–Kier alpha value is -2.44. The van der Waals surface area contributed by atoms with Crippen LogP contribution in [0.2, 0.25) is 0 Å². The third kappa shape index (κ3) is 3.41. The molecule has 7 heteroatoms. The van der Waals surface area contributed by atoms with Crippen LogP contribution in [0.15, 0.2) is 24.4 Å². The molecule has 2 N–H and O–H groups in total. The molecule has 1 fully saturated rings.